The summed E-state index contributed by atoms with van der Waals surface area (Å²) in [4.78, 5) is 11.4. The molecule has 5 heteroatoms. The number of aryl methyl sites for hydroxylation is 1. The van der Waals surface area contributed by atoms with Gasteiger partial charge in [0.1, 0.15) is 23.7 Å². The van der Waals surface area contributed by atoms with Gasteiger partial charge in [-0.2, -0.15) is 0 Å². The highest BCUT2D eigenvalue weighted by Crippen LogP contribution is 2.30. The first-order valence-corrected chi connectivity index (χ1v) is 7.41. The van der Waals surface area contributed by atoms with Gasteiger partial charge in [-0.1, -0.05) is 24.3 Å². The van der Waals surface area contributed by atoms with Gasteiger partial charge in [0.05, 0.1) is 13.4 Å². The third-order valence-electron chi connectivity index (χ3n) is 3.63. The molecule has 0 aliphatic carbocycles. The van der Waals surface area contributed by atoms with Gasteiger partial charge in [-0.3, -0.25) is 0 Å². The van der Waals surface area contributed by atoms with Crippen LogP contribution in [0.15, 0.2) is 42.7 Å². The molecule has 2 rings (SSSR count). The molecule has 0 aromatic heterocycles. The normalized spacial score (nSPS) is 11.2. The molecule has 0 atom stereocenters. The first kappa shape index (κ1) is 17.4. The van der Waals surface area contributed by atoms with E-state index in [-0.39, 0.29) is 17.9 Å². The van der Waals surface area contributed by atoms with Crippen LogP contribution in [0.5, 0.6) is 11.5 Å². The lowest BCUT2D eigenvalue weighted by atomic mass is 10.0. The second-order valence-electron chi connectivity index (χ2n) is 5.43. The van der Waals surface area contributed by atoms with E-state index in [2.05, 4.69) is 0 Å². The number of ether oxygens (including phenoxy) is 2. The Balaban J connectivity index is 2.32. The number of aliphatic carboxylic acids is 1. The van der Waals surface area contributed by atoms with E-state index in [1.165, 1.54) is 13.4 Å². The smallest absolute Gasteiger partial charge is 0.339 e. The lowest BCUT2D eigenvalue weighted by Gasteiger charge is -2.14. The zero-order valence-electron chi connectivity index (χ0n) is 13.9. The molecule has 2 aromatic rings. The fraction of sp³-hybridized carbons (Fsp3) is 0.211. The van der Waals surface area contributed by atoms with E-state index in [4.69, 9.17) is 9.47 Å². The summed E-state index contributed by atoms with van der Waals surface area (Å²) in [5.41, 5.74) is 2.82. The Morgan fingerprint density at radius 1 is 1.21 bits per heavy atom. The van der Waals surface area contributed by atoms with E-state index in [1.54, 1.807) is 31.2 Å². The highest BCUT2D eigenvalue weighted by molar-refractivity contribution is 6.15. The maximum absolute atomic E-state index is 11.4. The minimum absolute atomic E-state index is 0.0560. The van der Waals surface area contributed by atoms with Crippen molar-refractivity contribution in [1.82, 2.24) is 0 Å². The lowest BCUT2D eigenvalue weighted by Crippen LogP contribution is -2.06. The molecule has 5 nitrogen and oxygen atoms in total. The maximum Gasteiger partial charge on any atom is 0.339 e. The fourth-order valence-electron chi connectivity index (χ4n) is 2.37. The predicted molar refractivity (Wildman–Crippen MR) is 91.0 cm³/mol. The molecular formula is C19H20O5. The Bertz CT molecular complexity index is 777. The SMILES string of the molecule is COC=C(C(=O)O)c1ccccc1COc1cc(C)cc(O)c1C. The number of aromatic hydroxyl groups is 1. The van der Waals surface area contributed by atoms with Crippen LogP contribution in [0.25, 0.3) is 5.57 Å². The minimum Gasteiger partial charge on any atom is -0.508 e. The number of phenolic OH excluding ortho intramolecular Hbond substituents is 1. The number of hydrogen-bond acceptors (Lipinski definition) is 4. The Kier molecular flexibility index (Phi) is 5.47. The number of carboxylic acid groups (broad SMARTS) is 1. The van der Waals surface area contributed by atoms with Crippen LogP contribution in [0.4, 0.5) is 0 Å². The molecule has 0 amide bonds. The standard InChI is InChI=1S/C19H20O5/c1-12-8-17(20)13(2)18(9-12)24-10-14-6-4-5-7-15(14)16(11-23-3)19(21)22/h4-9,11,20H,10H2,1-3H3,(H,21,22). The number of methoxy groups -OCH3 is 1. The second kappa shape index (κ2) is 7.55. The van der Waals surface area contributed by atoms with Gasteiger partial charge in [-0.05, 0) is 42.7 Å². The van der Waals surface area contributed by atoms with Crippen molar-refractivity contribution >= 4 is 11.5 Å². The number of hydrogen-bond donors (Lipinski definition) is 2. The molecule has 0 aliphatic rings. The predicted octanol–water partition coefficient (Wildman–Crippen LogP) is 3.66. The van der Waals surface area contributed by atoms with Gasteiger partial charge in [-0.25, -0.2) is 4.79 Å². The van der Waals surface area contributed by atoms with Gasteiger partial charge < -0.3 is 19.7 Å². The van der Waals surface area contributed by atoms with E-state index in [0.29, 0.717) is 22.4 Å². The van der Waals surface area contributed by atoms with Crippen LogP contribution in [-0.4, -0.2) is 23.3 Å². The molecule has 0 radical (unpaired) electrons. The first-order chi connectivity index (χ1) is 11.4. The monoisotopic (exact) mass is 328 g/mol. The van der Waals surface area contributed by atoms with Crippen molar-refractivity contribution in [3.8, 4) is 11.5 Å². The maximum atomic E-state index is 11.4. The van der Waals surface area contributed by atoms with Gasteiger partial charge >= 0.3 is 5.97 Å². The van der Waals surface area contributed by atoms with Gasteiger partial charge in [0.25, 0.3) is 0 Å². The van der Waals surface area contributed by atoms with Crippen LogP contribution in [0, 0.1) is 13.8 Å². The van der Waals surface area contributed by atoms with Crippen LogP contribution in [-0.2, 0) is 16.1 Å². The van der Waals surface area contributed by atoms with Crippen molar-refractivity contribution in [1.29, 1.82) is 0 Å². The average molecular weight is 328 g/mol. The molecule has 0 aliphatic heterocycles. The third-order valence-corrected chi connectivity index (χ3v) is 3.63. The van der Waals surface area contributed by atoms with Crippen LogP contribution >= 0.6 is 0 Å². The third kappa shape index (κ3) is 3.87. The van der Waals surface area contributed by atoms with E-state index in [1.807, 2.05) is 19.1 Å². The summed E-state index contributed by atoms with van der Waals surface area (Å²) >= 11 is 0. The van der Waals surface area contributed by atoms with Gasteiger partial charge in [-0.15, -0.1) is 0 Å². The summed E-state index contributed by atoms with van der Waals surface area (Å²) in [5.74, 6) is -0.340. The Labute approximate surface area is 140 Å². The molecule has 0 spiro atoms. The quantitative estimate of drug-likeness (QED) is 0.625. The molecule has 2 aromatic carbocycles. The van der Waals surface area contributed by atoms with E-state index in [9.17, 15) is 15.0 Å². The lowest BCUT2D eigenvalue weighted by molar-refractivity contribution is -0.130. The Morgan fingerprint density at radius 2 is 1.92 bits per heavy atom. The van der Waals surface area contributed by atoms with Crippen molar-refractivity contribution < 1.29 is 24.5 Å². The number of carbonyl (C=O) groups is 1. The van der Waals surface area contributed by atoms with Crippen molar-refractivity contribution in [2.75, 3.05) is 7.11 Å². The zero-order chi connectivity index (χ0) is 17.7. The second-order valence-corrected chi connectivity index (χ2v) is 5.43. The topological polar surface area (TPSA) is 76.0 Å². The summed E-state index contributed by atoms with van der Waals surface area (Å²) in [6.07, 6.45) is 1.20. The summed E-state index contributed by atoms with van der Waals surface area (Å²) < 4.78 is 10.7. The number of carboxylic acids is 1. The number of benzene rings is 2. The van der Waals surface area contributed by atoms with E-state index >= 15 is 0 Å². The fourth-order valence-corrected chi connectivity index (χ4v) is 2.37. The van der Waals surface area contributed by atoms with Crippen LogP contribution in [0.3, 0.4) is 0 Å². The molecule has 0 unspecified atom stereocenters. The average Bonchev–Trinajstić information content (AvgIpc) is 2.54. The number of phenols is 1. The molecule has 0 heterocycles. The highest BCUT2D eigenvalue weighted by atomic mass is 16.5. The van der Waals surface area contributed by atoms with E-state index in [0.717, 1.165) is 5.56 Å². The van der Waals surface area contributed by atoms with Gasteiger partial charge in [0.15, 0.2) is 0 Å². The summed E-state index contributed by atoms with van der Waals surface area (Å²) in [6, 6.07) is 10.6. The molecule has 0 bridgehead atoms. The molecular weight excluding hydrogens is 308 g/mol. The van der Waals surface area contributed by atoms with Crippen molar-refractivity contribution in [2.24, 2.45) is 0 Å². The molecule has 2 N–H and O–H groups in total. The molecule has 0 saturated heterocycles. The molecule has 0 saturated carbocycles. The van der Waals surface area contributed by atoms with Crippen molar-refractivity contribution in [3.05, 3.63) is 64.9 Å². The van der Waals surface area contributed by atoms with Crippen molar-refractivity contribution in [2.45, 2.75) is 20.5 Å². The number of rotatable bonds is 6. The minimum atomic E-state index is -1.08. The van der Waals surface area contributed by atoms with Gasteiger partial charge in [0, 0.05) is 5.56 Å². The van der Waals surface area contributed by atoms with Crippen LogP contribution in [0.2, 0.25) is 0 Å². The Hall–Kier alpha value is -2.95. The largest absolute Gasteiger partial charge is 0.508 e. The van der Waals surface area contributed by atoms with Crippen LogP contribution < -0.4 is 4.74 Å². The molecule has 126 valence electrons. The summed E-state index contributed by atoms with van der Waals surface area (Å²) in [6.45, 7) is 3.81. The Morgan fingerprint density at radius 3 is 2.58 bits per heavy atom. The highest BCUT2D eigenvalue weighted by Gasteiger charge is 2.15. The zero-order valence-corrected chi connectivity index (χ0v) is 13.9. The van der Waals surface area contributed by atoms with Crippen LogP contribution in [0.1, 0.15) is 22.3 Å². The summed E-state index contributed by atoms with van der Waals surface area (Å²) in [5, 5.41) is 19.2. The van der Waals surface area contributed by atoms with Crippen molar-refractivity contribution in [3.63, 3.8) is 0 Å². The molecule has 0 fully saturated rings. The van der Waals surface area contributed by atoms with Gasteiger partial charge in [0.2, 0.25) is 0 Å². The first-order valence-electron chi connectivity index (χ1n) is 7.41. The van der Waals surface area contributed by atoms with E-state index < -0.39 is 5.97 Å². The summed E-state index contributed by atoms with van der Waals surface area (Å²) in [7, 11) is 1.40. The molecule has 24 heavy (non-hydrogen) atoms.